The minimum Gasteiger partial charge on any atom is -0.494 e. The maximum atomic E-state index is 12.1. The standard InChI is InChI=1S/C26H31N3O3/c1-3-31-20-11-12-22-21(15-20)23(27)24(29(22)19-5-4-6-19)17-7-9-18(10-8-17)28-25(30)32-16-26(2)13-14-26/h7-12,15,19H,3-6,13-14,16,27H2,1-2H3,(H,28,30). The van der Waals surface area contributed by atoms with Gasteiger partial charge >= 0.3 is 6.09 Å². The third-order valence-corrected chi connectivity index (χ3v) is 6.82. The van der Waals surface area contributed by atoms with Crippen molar-refractivity contribution < 1.29 is 14.3 Å². The zero-order chi connectivity index (χ0) is 22.3. The number of carbonyl (C=O) groups excluding carboxylic acids is 1. The number of carbonyl (C=O) groups is 1. The van der Waals surface area contributed by atoms with Gasteiger partial charge in [0.05, 0.1) is 30.1 Å². The summed E-state index contributed by atoms with van der Waals surface area (Å²) in [5.41, 5.74) is 11.6. The Hall–Kier alpha value is -3.15. The number of rotatable bonds is 7. The SMILES string of the molecule is CCOc1ccc2c(c1)c(N)c(-c1ccc(NC(=O)OCC3(C)CC3)cc1)n2C1CCC1. The van der Waals surface area contributed by atoms with Crippen molar-refractivity contribution in [3.63, 3.8) is 0 Å². The number of hydrogen-bond acceptors (Lipinski definition) is 4. The Kier molecular flexibility index (Phi) is 5.24. The number of hydrogen-bond donors (Lipinski definition) is 2. The zero-order valence-electron chi connectivity index (χ0n) is 18.8. The molecule has 3 N–H and O–H groups in total. The smallest absolute Gasteiger partial charge is 0.411 e. The van der Waals surface area contributed by atoms with E-state index in [9.17, 15) is 4.79 Å². The normalized spacial score (nSPS) is 17.1. The molecule has 0 unspecified atom stereocenters. The van der Waals surface area contributed by atoms with Crippen molar-refractivity contribution in [1.82, 2.24) is 4.57 Å². The molecule has 3 aromatic rings. The first-order valence-corrected chi connectivity index (χ1v) is 11.6. The fourth-order valence-corrected chi connectivity index (χ4v) is 4.36. The van der Waals surface area contributed by atoms with Crippen LogP contribution in [0.1, 0.15) is 52.0 Å². The Morgan fingerprint density at radius 2 is 1.94 bits per heavy atom. The molecule has 0 atom stereocenters. The molecule has 0 radical (unpaired) electrons. The summed E-state index contributed by atoms with van der Waals surface area (Å²) in [6.07, 6.45) is 5.40. The highest BCUT2D eigenvalue weighted by atomic mass is 16.5. The lowest BCUT2D eigenvalue weighted by Crippen LogP contribution is -2.18. The third-order valence-electron chi connectivity index (χ3n) is 6.82. The van der Waals surface area contributed by atoms with Crippen LogP contribution in [0, 0.1) is 5.41 Å². The summed E-state index contributed by atoms with van der Waals surface area (Å²) in [6.45, 7) is 5.21. The lowest BCUT2D eigenvalue weighted by atomic mass is 9.92. The van der Waals surface area contributed by atoms with Crippen LogP contribution in [0.25, 0.3) is 22.2 Å². The molecule has 2 fully saturated rings. The Labute approximate surface area is 188 Å². The minimum atomic E-state index is -0.405. The quantitative estimate of drug-likeness (QED) is 0.454. The second-order valence-corrected chi connectivity index (χ2v) is 9.42. The largest absolute Gasteiger partial charge is 0.494 e. The average molecular weight is 434 g/mol. The summed E-state index contributed by atoms with van der Waals surface area (Å²) >= 11 is 0. The zero-order valence-corrected chi connectivity index (χ0v) is 18.8. The van der Waals surface area contributed by atoms with E-state index in [0.717, 1.165) is 59.3 Å². The second kappa shape index (κ2) is 8.08. The number of nitrogens with zero attached hydrogens (tertiary/aromatic N) is 1. The molecule has 0 spiro atoms. The molecule has 1 aromatic heterocycles. The van der Waals surface area contributed by atoms with E-state index in [1.807, 2.05) is 43.3 Å². The minimum absolute atomic E-state index is 0.176. The van der Waals surface area contributed by atoms with Gasteiger partial charge in [0.25, 0.3) is 0 Å². The molecule has 2 aliphatic carbocycles. The van der Waals surface area contributed by atoms with Gasteiger partial charge in [0.15, 0.2) is 0 Å². The van der Waals surface area contributed by atoms with Crippen LogP contribution >= 0.6 is 0 Å². The lowest BCUT2D eigenvalue weighted by molar-refractivity contribution is 0.139. The summed E-state index contributed by atoms with van der Waals surface area (Å²) in [7, 11) is 0. The first-order chi connectivity index (χ1) is 15.5. The van der Waals surface area contributed by atoms with Crippen LogP contribution in [0.15, 0.2) is 42.5 Å². The molecule has 6 nitrogen and oxygen atoms in total. The number of nitrogens with two attached hydrogens (primary N) is 1. The van der Waals surface area contributed by atoms with Crippen LogP contribution in [-0.4, -0.2) is 23.9 Å². The second-order valence-electron chi connectivity index (χ2n) is 9.42. The fourth-order valence-electron chi connectivity index (χ4n) is 4.36. The first kappa shape index (κ1) is 20.7. The van der Waals surface area contributed by atoms with Crippen molar-refractivity contribution in [3.8, 4) is 17.0 Å². The highest BCUT2D eigenvalue weighted by Crippen LogP contribution is 2.46. The first-order valence-electron chi connectivity index (χ1n) is 11.6. The molecule has 0 aliphatic heterocycles. The van der Waals surface area contributed by atoms with Gasteiger partial charge in [-0.2, -0.15) is 0 Å². The summed E-state index contributed by atoms with van der Waals surface area (Å²) in [5, 5.41) is 3.85. The Balaban J connectivity index is 1.43. The van der Waals surface area contributed by atoms with Crippen LogP contribution in [0.3, 0.4) is 0 Å². The van der Waals surface area contributed by atoms with Gasteiger partial charge in [0.1, 0.15) is 5.75 Å². The van der Waals surface area contributed by atoms with Crippen LogP contribution < -0.4 is 15.8 Å². The Morgan fingerprint density at radius 3 is 2.56 bits per heavy atom. The number of nitrogens with one attached hydrogen (secondary N) is 1. The van der Waals surface area contributed by atoms with Crippen LogP contribution in [0.5, 0.6) is 5.75 Å². The van der Waals surface area contributed by atoms with Gasteiger partial charge in [-0.3, -0.25) is 5.32 Å². The van der Waals surface area contributed by atoms with E-state index in [4.69, 9.17) is 15.2 Å². The van der Waals surface area contributed by atoms with Gasteiger partial charge in [-0.25, -0.2) is 4.79 Å². The average Bonchev–Trinajstić information content (AvgIpc) is 3.43. The maximum Gasteiger partial charge on any atom is 0.411 e. The lowest BCUT2D eigenvalue weighted by Gasteiger charge is -2.30. The van der Waals surface area contributed by atoms with E-state index in [2.05, 4.69) is 22.9 Å². The molecule has 1 heterocycles. The molecule has 2 aromatic carbocycles. The summed E-state index contributed by atoms with van der Waals surface area (Å²) in [6, 6.07) is 14.5. The van der Waals surface area contributed by atoms with E-state index in [0.29, 0.717) is 24.9 Å². The van der Waals surface area contributed by atoms with Crippen molar-refractivity contribution in [2.45, 2.75) is 52.0 Å². The number of ether oxygens (including phenoxy) is 2. The molecule has 6 heteroatoms. The van der Waals surface area contributed by atoms with Crippen molar-refractivity contribution in [1.29, 1.82) is 0 Å². The van der Waals surface area contributed by atoms with Crippen LogP contribution in [0.2, 0.25) is 0 Å². The van der Waals surface area contributed by atoms with Gasteiger partial charge < -0.3 is 19.8 Å². The van der Waals surface area contributed by atoms with Gasteiger partial charge in [-0.15, -0.1) is 0 Å². The van der Waals surface area contributed by atoms with Gasteiger partial charge in [0.2, 0.25) is 0 Å². The van der Waals surface area contributed by atoms with E-state index >= 15 is 0 Å². The van der Waals surface area contributed by atoms with Crippen molar-refractivity contribution in [3.05, 3.63) is 42.5 Å². The summed E-state index contributed by atoms with van der Waals surface area (Å²) < 4.78 is 13.5. The molecule has 0 bridgehead atoms. The molecule has 1 amide bonds. The predicted molar refractivity (Wildman–Crippen MR) is 128 cm³/mol. The van der Waals surface area contributed by atoms with Crippen LogP contribution in [-0.2, 0) is 4.74 Å². The number of aromatic nitrogens is 1. The van der Waals surface area contributed by atoms with Gasteiger partial charge in [0, 0.05) is 28.1 Å². The monoisotopic (exact) mass is 433 g/mol. The van der Waals surface area contributed by atoms with Crippen molar-refractivity contribution >= 4 is 28.4 Å². The molecule has 5 rings (SSSR count). The molecule has 2 aliphatic rings. The van der Waals surface area contributed by atoms with Crippen molar-refractivity contribution in [2.24, 2.45) is 5.41 Å². The number of fused-ring (bicyclic) bond motifs is 1. The van der Waals surface area contributed by atoms with E-state index in [1.165, 1.54) is 6.42 Å². The van der Waals surface area contributed by atoms with E-state index < -0.39 is 6.09 Å². The number of nitrogen functional groups attached to an aromatic ring is 1. The summed E-state index contributed by atoms with van der Waals surface area (Å²) in [5.74, 6) is 0.835. The van der Waals surface area contributed by atoms with Gasteiger partial charge in [-0.1, -0.05) is 19.1 Å². The highest BCUT2D eigenvalue weighted by Gasteiger charge is 2.38. The molecule has 0 saturated heterocycles. The van der Waals surface area contributed by atoms with Crippen molar-refractivity contribution in [2.75, 3.05) is 24.3 Å². The molecule has 32 heavy (non-hydrogen) atoms. The Morgan fingerprint density at radius 1 is 1.19 bits per heavy atom. The van der Waals surface area contributed by atoms with E-state index in [-0.39, 0.29) is 5.41 Å². The fraction of sp³-hybridized carbons (Fsp3) is 0.423. The number of benzene rings is 2. The van der Waals surface area contributed by atoms with Gasteiger partial charge in [-0.05, 0) is 69.4 Å². The third kappa shape index (κ3) is 3.90. The molecular weight excluding hydrogens is 402 g/mol. The molecular formula is C26H31N3O3. The topological polar surface area (TPSA) is 78.5 Å². The molecule has 168 valence electrons. The van der Waals surface area contributed by atoms with Crippen LogP contribution in [0.4, 0.5) is 16.2 Å². The predicted octanol–water partition coefficient (Wildman–Crippen LogP) is 6.36. The van der Waals surface area contributed by atoms with E-state index in [1.54, 1.807) is 0 Å². The highest BCUT2D eigenvalue weighted by molar-refractivity contribution is 6.02. The Bertz CT molecular complexity index is 1140. The summed E-state index contributed by atoms with van der Waals surface area (Å²) in [4.78, 5) is 12.1. The maximum absolute atomic E-state index is 12.1. The number of amides is 1. The number of anilines is 2. The molecule has 2 saturated carbocycles.